The Labute approximate surface area is 385 Å². The number of rotatable bonds is 8. The Morgan fingerprint density at radius 3 is 1.34 bits per heavy atom. The summed E-state index contributed by atoms with van der Waals surface area (Å²) >= 11 is 0. The molecule has 7 heteroatoms. The van der Waals surface area contributed by atoms with Crippen molar-refractivity contribution in [1.82, 2.24) is 29.3 Å². The highest BCUT2D eigenvalue weighted by Crippen LogP contribution is 2.42. The fraction of sp³-hybridized carbons (Fsp3) is 0. The van der Waals surface area contributed by atoms with Crippen molar-refractivity contribution in [3.63, 3.8) is 0 Å². The van der Waals surface area contributed by atoms with Crippen LogP contribution in [0.1, 0.15) is 0 Å². The van der Waals surface area contributed by atoms with Crippen LogP contribution in [0.25, 0.3) is 123 Å². The molecule has 0 fully saturated rings. The third-order valence-electron chi connectivity index (χ3n) is 12.7. The molecule has 0 amide bonds. The summed E-state index contributed by atoms with van der Waals surface area (Å²) in [7, 11) is 0. The van der Waals surface area contributed by atoms with Crippen molar-refractivity contribution in [3.8, 4) is 79.3 Å². The van der Waals surface area contributed by atoms with Gasteiger partial charge < -0.3 is 4.42 Å². The minimum atomic E-state index is 0.414. The van der Waals surface area contributed by atoms with E-state index in [-0.39, 0.29) is 0 Å². The van der Waals surface area contributed by atoms with Crippen LogP contribution in [-0.4, -0.2) is 29.3 Å². The summed E-state index contributed by atoms with van der Waals surface area (Å²) in [5, 5.41) is 13.9. The molecule has 0 radical (unpaired) electrons. The largest absolute Gasteiger partial charge is 0.416 e. The number of hydrogen-bond donors (Lipinski definition) is 0. The predicted octanol–water partition coefficient (Wildman–Crippen LogP) is 15.1. The van der Waals surface area contributed by atoms with Crippen LogP contribution in [0.2, 0.25) is 0 Å². The van der Waals surface area contributed by atoms with Crippen molar-refractivity contribution >= 4 is 43.6 Å². The molecule has 0 atom stereocenters. The monoisotopic (exact) mass is 858 g/mol. The van der Waals surface area contributed by atoms with Gasteiger partial charge in [0, 0.05) is 38.2 Å². The summed E-state index contributed by atoms with van der Waals surface area (Å²) < 4.78 is 11.4. The van der Waals surface area contributed by atoms with E-state index in [1.54, 1.807) is 0 Å². The molecule has 314 valence electrons. The minimum absolute atomic E-state index is 0.414. The molecule has 5 aromatic heterocycles. The molecule has 0 saturated carbocycles. The Morgan fingerprint density at radius 2 is 0.746 bits per heavy atom. The van der Waals surface area contributed by atoms with Crippen molar-refractivity contribution in [2.75, 3.05) is 0 Å². The lowest BCUT2D eigenvalue weighted by Gasteiger charge is -2.14. The molecule has 0 bridgehead atoms. The van der Waals surface area contributed by atoms with E-state index in [1.165, 1.54) is 0 Å². The number of pyridine rings is 2. The lowest BCUT2D eigenvalue weighted by atomic mass is 10.0. The first-order chi connectivity index (χ1) is 33.2. The summed E-state index contributed by atoms with van der Waals surface area (Å²) in [6.07, 6.45) is 0. The summed E-state index contributed by atoms with van der Waals surface area (Å²) in [4.78, 5) is 10.7. The molecule has 8 aromatic carbocycles. The van der Waals surface area contributed by atoms with Crippen LogP contribution in [0.3, 0.4) is 0 Å². The molecule has 0 unspecified atom stereocenters. The van der Waals surface area contributed by atoms with Gasteiger partial charge in [-0.1, -0.05) is 176 Å². The Bertz CT molecular complexity index is 3850. The topological polar surface area (TPSA) is 74.6 Å². The Hall–Kier alpha value is -9.20. The molecule has 13 aromatic rings. The van der Waals surface area contributed by atoms with Gasteiger partial charge in [-0.3, -0.25) is 9.13 Å². The van der Waals surface area contributed by atoms with E-state index in [1.807, 2.05) is 24.3 Å². The molecular weight excluding hydrogens is 821 g/mol. The molecule has 13 rings (SSSR count). The zero-order valence-corrected chi connectivity index (χ0v) is 36.0. The Morgan fingerprint density at radius 1 is 0.313 bits per heavy atom. The SMILES string of the molecule is c1ccc(-c2cc(-c3ccccc3)nc(-n3c4ccccc4c4c(-c5nnc(-c6cccc7c8ccccc8n(-c8cc(-c9ccccc9)cc(-c9ccccc9)n8)c67)o5)cccc43)c2)cc1. The second kappa shape index (κ2) is 15.8. The first-order valence-corrected chi connectivity index (χ1v) is 22.4. The number of benzene rings is 8. The summed E-state index contributed by atoms with van der Waals surface area (Å²) in [5.41, 5.74) is 13.9. The zero-order chi connectivity index (χ0) is 44.3. The van der Waals surface area contributed by atoms with E-state index in [0.717, 1.165) is 111 Å². The van der Waals surface area contributed by atoms with E-state index in [2.05, 4.69) is 215 Å². The van der Waals surface area contributed by atoms with Crippen LogP contribution >= 0.6 is 0 Å². The molecule has 0 saturated heterocycles. The third kappa shape index (κ3) is 6.52. The number of fused-ring (bicyclic) bond motifs is 6. The quantitative estimate of drug-likeness (QED) is 0.152. The number of aromatic nitrogens is 6. The van der Waals surface area contributed by atoms with Crippen molar-refractivity contribution in [3.05, 3.63) is 231 Å². The maximum Gasteiger partial charge on any atom is 0.250 e. The average molecular weight is 859 g/mol. The van der Waals surface area contributed by atoms with Crippen molar-refractivity contribution < 1.29 is 4.42 Å². The van der Waals surface area contributed by atoms with Gasteiger partial charge >= 0.3 is 0 Å². The van der Waals surface area contributed by atoms with E-state index < -0.39 is 0 Å². The Kier molecular flexibility index (Phi) is 9.03. The predicted molar refractivity (Wildman–Crippen MR) is 271 cm³/mol. The first-order valence-electron chi connectivity index (χ1n) is 22.4. The maximum absolute atomic E-state index is 6.88. The highest BCUT2D eigenvalue weighted by molar-refractivity contribution is 6.16. The summed E-state index contributed by atoms with van der Waals surface area (Å²) in [5.74, 6) is 2.44. The van der Waals surface area contributed by atoms with Crippen molar-refractivity contribution in [2.24, 2.45) is 0 Å². The second-order valence-electron chi connectivity index (χ2n) is 16.7. The van der Waals surface area contributed by atoms with Crippen LogP contribution < -0.4 is 0 Å². The average Bonchev–Trinajstić information content (AvgIpc) is 4.13. The van der Waals surface area contributed by atoms with Crippen LogP contribution in [-0.2, 0) is 0 Å². The van der Waals surface area contributed by atoms with E-state index in [0.29, 0.717) is 11.8 Å². The standard InChI is InChI=1S/C60H38N6O/c1-5-19-39(20-6-1)43-35-50(41-23-9-3-10-24-41)61-55(37-43)65-53-33-16-14-28-47(53)57-48(30-18-34-54(57)65)59-63-64-60(67-59)49-31-17-29-46-45-27-13-15-32-52(45)66(58(46)49)56-38-44(40-21-7-2-8-22-40)36-51(62-56)42-25-11-4-12-26-42/h1-38H. The molecular formula is C60H38N6O. The number of nitrogens with zero attached hydrogens (tertiary/aromatic N) is 6. The van der Waals surface area contributed by atoms with Gasteiger partial charge in [0.05, 0.1) is 39.0 Å². The van der Waals surface area contributed by atoms with Crippen LogP contribution in [0, 0.1) is 0 Å². The maximum atomic E-state index is 6.88. The fourth-order valence-corrected chi connectivity index (χ4v) is 9.68. The second-order valence-corrected chi connectivity index (χ2v) is 16.7. The van der Waals surface area contributed by atoms with Crippen molar-refractivity contribution in [1.29, 1.82) is 0 Å². The molecule has 7 nitrogen and oxygen atoms in total. The highest BCUT2D eigenvalue weighted by Gasteiger charge is 2.24. The molecule has 0 N–H and O–H groups in total. The molecule has 0 aliphatic carbocycles. The Balaban J connectivity index is 1.00. The fourth-order valence-electron chi connectivity index (χ4n) is 9.68. The van der Waals surface area contributed by atoms with E-state index >= 15 is 0 Å². The van der Waals surface area contributed by atoms with Gasteiger partial charge in [-0.05, 0) is 76.9 Å². The van der Waals surface area contributed by atoms with Gasteiger partial charge in [-0.25, -0.2) is 9.97 Å². The van der Waals surface area contributed by atoms with Gasteiger partial charge in [0.1, 0.15) is 11.6 Å². The molecule has 0 spiro atoms. The number of para-hydroxylation sites is 3. The van der Waals surface area contributed by atoms with E-state index in [9.17, 15) is 0 Å². The highest BCUT2D eigenvalue weighted by atomic mass is 16.4. The zero-order valence-electron chi connectivity index (χ0n) is 36.0. The third-order valence-corrected chi connectivity index (χ3v) is 12.7. The van der Waals surface area contributed by atoms with Crippen LogP contribution in [0.4, 0.5) is 0 Å². The smallest absolute Gasteiger partial charge is 0.250 e. The van der Waals surface area contributed by atoms with Gasteiger partial charge in [0.25, 0.3) is 0 Å². The van der Waals surface area contributed by atoms with Gasteiger partial charge in [-0.2, -0.15) is 0 Å². The lowest BCUT2D eigenvalue weighted by molar-refractivity contribution is 0.585. The molecule has 0 aliphatic rings. The van der Waals surface area contributed by atoms with Crippen molar-refractivity contribution in [2.45, 2.75) is 0 Å². The molecule has 5 heterocycles. The van der Waals surface area contributed by atoms with Gasteiger partial charge in [0.2, 0.25) is 11.8 Å². The van der Waals surface area contributed by atoms with Crippen LogP contribution in [0.15, 0.2) is 235 Å². The van der Waals surface area contributed by atoms with Gasteiger partial charge in [0.15, 0.2) is 0 Å². The normalized spacial score (nSPS) is 11.6. The minimum Gasteiger partial charge on any atom is -0.416 e. The molecule has 67 heavy (non-hydrogen) atoms. The summed E-state index contributed by atoms with van der Waals surface area (Å²) in [6, 6.07) is 79.9. The summed E-state index contributed by atoms with van der Waals surface area (Å²) in [6.45, 7) is 0. The van der Waals surface area contributed by atoms with Gasteiger partial charge in [-0.15, -0.1) is 10.2 Å². The van der Waals surface area contributed by atoms with E-state index in [4.69, 9.17) is 24.6 Å². The molecule has 0 aliphatic heterocycles. The van der Waals surface area contributed by atoms with Crippen LogP contribution in [0.5, 0.6) is 0 Å². The lowest BCUT2D eigenvalue weighted by Crippen LogP contribution is -2.01. The number of hydrogen-bond acceptors (Lipinski definition) is 5. The first kappa shape index (κ1) is 38.3.